The topological polar surface area (TPSA) is 58.6 Å². The number of hydrogen-bond acceptors (Lipinski definition) is 3. The van der Waals surface area contributed by atoms with Gasteiger partial charge in [-0.25, -0.2) is 0 Å². The Morgan fingerprint density at radius 2 is 2.00 bits per heavy atom. The molecule has 1 aliphatic carbocycles. The van der Waals surface area contributed by atoms with E-state index in [9.17, 15) is 9.59 Å². The Morgan fingerprint density at radius 3 is 2.63 bits per heavy atom. The minimum Gasteiger partial charge on any atom is -0.379 e. The van der Waals surface area contributed by atoms with E-state index in [4.69, 9.17) is 4.74 Å². The summed E-state index contributed by atoms with van der Waals surface area (Å²) < 4.78 is 5.51. The molecule has 0 atom stereocenters. The maximum atomic E-state index is 12.5. The lowest BCUT2D eigenvalue weighted by atomic mass is 9.93. The average Bonchev–Trinajstić information content (AvgIpc) is 2.79. The molecule has 0 aromatic heterocycles. The largest absolute Gasteiger partial charge is 0.379 e. The number of hydrogen-bond donors (Lipinski definition) is 1. The minimum atomic E-state index is -0.604. The highest BCUT2D eigenvalue weighted by Crippen LogP contribution is 2.33. The summed E-state index contributed by atoms with van der Waals surface area (Å²) in [5.41, 5.74) is -0.604. The summed E-state index contributed by atoms with van der Waals surface area (Å²) in [5, 5.41) is 2.91. The Labute approximate surface area is 114 Å². The predicted molar refractivity (Wildman–Crippen MR) is 71.6 cm³/mol. The van der Waals surface area contributed by atoms with E-state index in [1.54, 1.807) is 4.90 Å². The van der Waals surface area contributed by atoms with Gasteiger partial charge in [0.1, 0.15) is 5.54 Å². The van der Waals surface area contributed by atoms with Crippen LogP contribution in [0.1, 0.15) is 39.5 Å². The van der Waals surface area contributed by atoms with Crippen LogP contribution >= 0.6 is 0 Å². The highest BCUT2D eigenvalue weighted by molar-refractivity contribution is 5.98. The third-order valence-electron chi connectivity index (χ3n) is 3.82. The number of carbonyl (C=O) groups is 2. The molecule has 2 rings (SSSR count). The zero-order chi connectivity index (χ0) is 13.9. The maximum absolute atomic E-state index is 12.5. The lowest BCUT2D eigenvalue weighted by molar-refractivity contribution is -0.150. The van der Waals surface area contributed by atoms with Gasteiger partial charge in [-0.2, -0.15) is 0 Å². The monoisotopic (exact) mass is 268 g/mol. The van der Waals surface area contributed by atoms with E-state index >= 15 is 0 Å². The quantitative estimate of drug-likeness (QED) is 0.755. The zero-order valence-corrected chi connectivity index (χ0v) is 11.9. The highest BCUT2D eigenvalue weighted by Gasteiger charge is 2.47. The number of nitrogens with one attached hydrogen (secondary N) is 1. The maximum Gasteiger partial charge on any atom is 0.248 e. The van der Waals surface area contributed by atoms with Gasteiger partial charge in [0.05, 0.1) is 13.2 Å². The van der Waals surface area contributed by atoms with Gasteiger partial charge >= 0.3 is 0 Å². The second-order valence-electron chi connectivity index (χ2n) is 6.03. The molecule has 5 nitrogen and oxygen atoms in total. The van der Waals surface area contributed by atoms with Gasteiger partial charge in [-0.05, 0) is 18.8 Å². The molecule has 0 bridgehead atoms. The van der Waals surface area contributed by atoms with Gasteiger partial charge in [0.2, 0.25) is 11.8 Å². The van der Waals surface area contributed by atoms with E-state index in [2.05, 4.69) is 19.2 Å². The van der Waals surface area contributed by atoms with Crippen molar-refractivity contribution in [2.45, 2.75) is 45.1 Å². The third kappa shape index (κ3) is 3.26. The molecule has 108 valence electrons. The molecule has 1 saturated carbocycles. The van der Waals surface area contributed by atoms with Crippen molar-refractivity contribution in [1.29, 1.82) is 0 Å². The molecule has 0 radical (unpaired) electrons. The molecule has 2 amide bonds. The molecule has 0 unspecified atom stereocenters. The van der Waals surface area contributed by atoms with Crippen LogP contribution < -0.4 is 5.32 Å². The fourth-order valence-electron chi connectivity index (χ4n) is 2.90. The second-order valence-corrected chi connectivity index (χ2v) is 6.03. The molecule has 1 saturated heterocycles. The SMILES string of the molecule is CC(C)COCCN1CC(=O)NC2(CCCC2)C1=O. The van der Waals surface area contributed by atoms with Crippen LogP contribution in [-0.4, -0.2) is 48.6 Å². The standard InChI is InChI=1S/C14H24N2O3/c1-11(2)10-19-8-7-16-9-12(17)15-14(13(16)18)5-3-4-6-14/h11H,3-10H2,1-2H3,(H,15,17). The summed E-state index contributed by atoms with van der Waals surface area (Å²) in [6.07, 6.45) is 3.59. The van der Waals surface area contributed by atoms with Crippen molar-refractivity contribution in [3.8, 4) is 0 Å². The molecule has 1 N–H and O–H groups in total. The number of rotatable bonds is 5. The van der Waals surface area contributed by atoms with E-state index in [1.807, 2.05) is 0 Å². The molecule has 19 heavy (non-hydrogen) atoms. The van der Waals surface area contributed by atoms with Crippen molar-refractivity contribution in [3.63, 3.8) is 0 Å². The molecule has 2 fully saturated rings. The van der Waals surface area contributed by atoms with Crippen molar-refractivity contribution >= 4 is 11.8 Å². The van der Waals surface area contributed by atoms with Crippen LogP contribution in [-0.2, 0) is 14.3 Å². The molecule has 5 heteroatoms. The lowest BCUT2D eigenvalue weighted by Crippen LogP contribution is -2.65. The van der Waals surface area contributed by atoms with Crippen molar-refractivity contribution < 1.29 is 14.3 Å². The molecule has 1 heterocycles. The second kappa shape index (κ2) is 5.90. The van der Waals surface area contributed by atoms with E-state index < -0.39 is 5.54 Å². The Hall–Kier alpha value is -1.10. The highest BCUT2D eigenvalue weighted by atomic mass is 16.5. The van der Waals surface area contributed by atoms with E-state index in [0.717, 1.165) is 25.7 Å². The van der Waals surface area contributed by atoms with Crippen LogP contribution in [0.2, 0.25) is 0 Å². The molecule has 1 aliphatic heterocycles. The molecule has 0 aromatic rings. The van der Waals surface area contributed by atoms with Gasteiger partial charge in [0.15, 0.2) is 0 Å². The smallest absolute Gasteiger partial charge is 0.248 e. The Balaban J connectivity index is 1.89. The number of ether oxygens (including phenoxy) is 1. The first-order valence-corrected chi connectivity index (χ1v) is 7.22. The van der Waals surface area contributed by atoms with Crippen LogP contribution in [0.25, 0.3) is 0 Å². The fourth-order valence-corrected chi connectivity index (χ4v) is 2.90. The van der Waals surface area contributed by atoms with Gasteiger partial charge in [0, 0.05) is 13.2 Å². The summed E-state index contributed by atoms with van der Waals surface area (Å²) in [6, 6.07) is 0. The molecular weight excluding hydrogens is 244 g/mol. The first kappa shape index (κ1) is 14.3. The first-order valence-electron chi connectivity index (χ1n) is 7.22. The number of piperazine rings is 1. The van der Waals surface area contributed by atoms with Crippen molar-refractivity contribution in [1.82, 2.24) is 10.2 Å². The number of amides is 2. The van der Waals surface area contributed by atoms with Gasteiger partial charge in [-0.1, -0.05) is 26.7 Å². The summed E-state index contributed by atoms with van der Waals surface area (Å²) >= 11 is 0. The van der Waals surface area contributed by atoms with Gasteiger partial charge in [0.25, 0.3) is 0 Å². The normalized spacial score (nSPS) is 22.4. The lowest BCUT2D eigenvalue weighted by Gasteiger charge is -2.39. The number of nitrogens with zero attached hydrogens (tertiary/aromatic N) is 1. The predicted octanol–water partition coefficient (Wildman–Crippen LogP) is 0.930. The van der Waals surface area contributed by atoms with Crippen molar-refractivity contribution in [2.24, 2.45) is 5.92 Å². The molecule has 2 aliphatic rings. The van der Waals surface area contributed by atoms with Crippen LogP contribution in [0.5, 0.6) is 0 Å². The Morgan fingerprint density at radius 1 is 1.32 bits per heavy atom. The van der Waals surface area contributed by atoms with Crippen molar-refractivity contribution in [2.75, 3.05) is 26.3 Å². The molecule has 1 spiro atoms. The zero-order valence-electron chi connectivity index (χ0n) is 11.9. The van der Waals surface area contributed by atoms with Gasteiger partial charge < -0.3 is 15.0 Å². The third-order valence-corrected chi connectivity index (χ3v) is 3.82. The van der Waals surface area contributed by atoms with Crippen LogP contribution in [0.4, 0.5) is 0 Å². The summed E-state index contributed by atoms with van der Waals surface area (Å²) in [7, 11) is 0. The minimum absolute atomic E-state index is 0.0367. The average molecular weight is 268 g/mol. The van der Waals surface area contributed by atoms with Crippen LogP contribution in [0, 0.1) is 5.92 Å². The van der Waals surface area contributed by atoms with E-state index in [0.29, 0.717) is 25.7 Å². The Bertz CT molecular complexity index is 349. The van der Waals surface area contributed by atoms with Crippen LogP contribution in [0.15, 0.2) is 0 Å². The van der Waals surface area contributed by atoms with E-state index in [-0.39, 0.29) is 18.4 Å². The molecular formula is C14H24N2O3. The first-order chi connectivity index (χ1) is 9.03. The molecule has 0 aromatic carbocycles. The fraction of sp³-hybridized carbons (Fsp3) is 0.857. The van der Waals surface area contributed by atoms with Gasteiger partial charge in [-0.3, -0.25) is 9.59 Å². The van der Waals surface area contributed by atoms with Crippen molar-refractivity contribution in [3.05, 3.63) is 0 Å². The Kier molecular flexibility index (Phi) is 4.45. The summed E-state index contributed by atoms with van der Waals surface area (Å²) in [5.74, 6) is 0.532. The van der Waals surface area contributed by atoms with Gasteiger partial charge in [-0.15, -0.1) is 0 Å². The van der Waals surface area contributed by atoms with Crippen LogP contribution in [0.3, 0.4) is 0 Å². The summed E-state index contributed by atoms with van der Waals surface area (Å²) in [6.45, 7) is 6.07. The number of carbonyl (C=O) groups excluding carboxylic acids is 2. The van der Waals surface area contributed by atoms with E-state index in [1.165, 1.54) is 0 Å². The summed E-state index contributed by atoms with van der Waals surface area (Å²) in [4.78, 5) is 25.9.